The number of rotatable bonds is 6. The highest BCUT2D eigenvalue weighted by molar-refractivity contribution is 5.97. The highest BCUT2D eigenvalue weighted by Gasteiger charge is 2.19. The van der Waals surface area contributed by atoms with Gasteiger partial charge in [0.1, 0.15) is 5.69 Å². The summed E-state index contributed by atoms with van der Waals surface area (Å²) in [4.78, 5) is 38.4. The molecule has 1 saturated heterocycles. The summed E-state index contributed by atoms with van der Waals surface area (Å²) < 4.78 is 0. The minimum atomic E-state index is 0.0102. The van der Waals surface area contributed by atoms with Gasteiger partial charge in [-0.2, -0.15) is 5.10 Å². The molecule has 4 N–H and O–H groups in total. The molecule has 7 heterocycles. The summed E-state index contributed by atoms with van der Waals surface area (Å²) in [6.45, 7) is 1.94. The lowest BCUT2D eigenvalue weighted by atomic mass is 9.94. The molecular formula is C29H26N10O. The van der Waals surface area contributed by atoms with Gasteiger partial charge in [-0.1, -0.05) is 0 Å². The fourth-order valence-corrected chi connectivity index (χ4v) is 5.26. The molecule has 0 spiro atoms. The van der Waals surface area contributed by atoms with Gasteiger partial charge >= 0.3 is 0 Å². The van der Waals surface area contributed by atoms with E-state index < -0.39 is 0 Å². The molecule has 1 amide bonds. The van der Waals surface area contributed by atoms with Crippen LogP contribution in [0.25, 0.3) is 56.0 Å². The van der Waals surface area contributed by atoms with E-state index in [2.05, 4.69) is 45.8 Å². The van der Waals surface area contributed by atoms with Crippen LogP contribution in [0.5, 0.6) is 0 Å². The SMILES string of the molecule is O=C(CC1CCNCC1)Nc1cncc(-c2cc3c(-c4nc5nccc(-c6ccncc6)c5[nH]4)n[nH]c3cn2)c1. The van der Waals surface area contributed by atoms with Crippen molar-refractivity contribution in [2.45, 2.75) is 19.3 Å². The topological polar surface area (TPSA) is 150 Å². The second-order valence-electron chi connectivity index (χ2n) is 9.97. The fourth-order valence-electron chi connectivity index (χ4n) is 5.26. The van der Waals surface area contributed by atoms with Gasteiger partial charge in [-0.05, 0) is 67.7 Å². The smallest absolute Gasteiger partial charge is 0.224 e. The van der Waals surface area contributed by atoms with Gasteiger partial charge in [0, 0.05) is 47.7 Å². The molecule has 7 rings (SSSR count). The summed E-state index contributed by atoms with van der Waals surface area (Å²) >= 11 is 0. The first kappa shape index (κ1) is 24.0. The molecule has 40 heavy (non-hydrogen) atoms. The number of carbonyl (C=O) groups excluding carboxylic acids is 1. The first-order chi connectivity index (χ1) is 19.7. The maximum absolute atomic E-state index is 12.7. The number of piperidine rings is 1. The van der Waals surface area contributed by atoms with Crippen LogP contribution in [0.2, 0.25) is 0 Å². The number of amides is 1. The third kappa shape index (κ3) is 4.67. The third-order valence-corrected chi connectivity index (χ3v) is 7.31. The van der Waals surface area contributed by atoms with Crippen LogP contribution in [0, 0.1) is 5.92 Å². The van der Waals surface area contributed by atoms with E-state index in [1.165, 1.54) is 0 Å². The number of carbonyl (C=O) groups is 1. The molecule has 0 unspecified atom stereocenters. The first-order valence-electron chi connectivity index (χ1n) is 13.3. The van der Waals surface area contributed by atoms with Crippen LogP contribution < -0.4 is 10.6 Å². The predicted molar refractivity (Wildman–Crippen MR) is 152 cm³/mol. The number of aromatic amines is 2. The van der Waals surface area contributed by atoms with Gasteiger partial charge in [-0.25, -0.2) is 9.97 Å². The summed E-state index contributed by atoms with van der Waals surface area (Å²) in [5, 5.41) is 14.8. The number of fused-ring (bicyclic) bond motifs is 2. The normalized spacial score (nSPS) is 14.1. The van der Waals surface area contributed by atoms with Crippen molar-refractivity contribution in [2.75, 3.05) is 18.4 Å². The van der Waals surface area contributed by atoms with Crippen LogP contribution in [0.15, 0.2) is 67.5 Å². The Morgan fingerprint density at radius 1 is 0.950 bits per heavy atom. The average molecular weight is 531 g/mol. The summed E-state index contributed by atoms with van der Waals surface area (Å²) in [7, 11) is 0. The highest BCUT2D eigenvalue weighted by Crippen LogP contribution is 2.32. The Morgan fingerprint density at radius 2 is 1.82 bits per heavy atom. The first-order valence-corrected chi connectivity index (χ1v) is 13.3. The van der Waals surface area contributed by atoms with E-state index in [4.69, 9.17) is 4.98 Å². The number of anilines is 1. The van der Waals surface area contributed by atoms with E-state index in [1.807, 2.05) is 30.3 Å². The van der Waals surface area contributed by atoms with Gasteiger partial charge in [-0.3, -0.25) is 24.8 Å². The Morgan fingerprint density at radius 3 is 2.70 bits per heavy atom. The quantitative estimate of drug-likeness (QED) is 0.248. The standard InChI is InChI=1S/C29H26N10O/c40-25(11-17-1-6-30-7-2-17)35-20-12-19(14-32-15-20)23-13-22-24(16-34-23)38-39-27(22)29-36-26-21(5-10-33-28(26)37-29)18-3-8-31-9-4-18/h3-5,8-10,12-17,30H,1-2,6-7,11H2,(H,35,40)(H,38,39)(H,33,36,37). The summed E-state index contributed by atoms with van der Waals surface area (Å²) in [6, 6.07) is 9.71. The minimum absolute atomic E-state index is 0.0102. The number of H-pyrrole nitrogens is 2. The largest absolute Gasteiger partial charge is 0.335 e. The second-order valence-corrected chi connectivity index (χ2v) is 9.97. The number of hydrogen-bond acceptors (Lipinski definition) is 8. The van der Waals surface area contributed by atoms with E-state index in [1.54, 1.807) is 37.2 Å². The van der Waals surface area contributed by atoms with Crippen LogP contribution in [0.1, 0.15) is 19.3 Å². The lowest BCUT2D eigenvalue weighted by Crippen LogP contribution is -2.30. The molecule has 0 atom stereocenters. The predicted octanol–water partition coefficient (Wildman–Crippen LogP) is 4.35. The number of hydrogen-bond donors (Lipinski definition) is 4. The van der Waals surface area contributed by atoms with E-state index in [-0.39, 0.29) is 5.91 Å². The van der Waals surface area contributed by atoms with Crippen molar-refractivity contribution >= 4 is 33.7 Å². The molecule has 11 nitrogen and oxygen atoms in total. The zero-order valence-corrected chi connectivity index (χ0v) is 21.6. The maximum atomic E-state index is 12.7. The van der Waals surface area contributed by atoms with E-state index in [0.717, 1.165) is 59.0 Å². The lowest BCUT2D eigenvalue weighted by Gasteiger charge is -2.21. The maximum Gasteiger partial charge on any atom is 0.224 e. The van der Waals surface area contributed by atoms with Crippen LogP contribution in [-0.2, 0) is 4.79 Å². The van der Waals surface area contributed by atoms with Crippen LogP contribution in [0.4, 0.5) is 5.69 Å². The number of aromatic nitrogens is 8. The lowest BCUT2D eigenvalue weighted by molar-refractivity contribution is -0.117. The highest BCUT2D eigenvalue weighted by atomic mass is 16.1. The van der Waals surface area contributed by atoms with E-state index in [9.17, 15) is 4.79 Å². The van der Waals surface area contributed by atoms with E-state index >= 15 is 0 Å². The molecule has 6 aromatic rings. The molecule has 198 valence electrons. The monoisotopic (exact) mass is 530 g/mol. The Labute approximate surface area is 228 Å². The number of nitrogens with one attached hydrogen (secondary N) is 4. The molecule has 1 aliphatic heterocycles. The van der Waals surface area contributed by atoms with Gasteiger partial charge in [0.25, 0.3) is 0 Å². The minimum Gasteiger partial charge on any atom is -0.335 e. The Hall–Kier alpha value is -5.03. The van der Waals surface area contributed by atoms with Crippen LogP contribution in [0.3, 0.4) is 0 Å². The van der Waals surface area contributed by atoms with Crippen LogP contribution >= 0.6 is 0 Å². The number of nitrogens with zero attached hydrogens (tertiary/aromatic N) is 6. The fraction of sp³-hybridized carbons (Fsp3) is 0.207. The Bertz CT molecular complexity index is 1820. The second kappa shape index (κ2) is 10.3. The Kier molecular flexibility index (Phi) is 6.17. The van der Waals surface area contributed by atoms with Gasteiger partial charge in [0.2, 0.25) is 5.91 Å². The zero-order valence-electron chi connectivity index (χ0n) is 21.6. The van der Waals surface area contributed by atoms with Crippen molar-refractivity contribution in [3.05, 3.63) is 67.5 Å². The van der Waals surface area contributed by atoms with Crippen molar-refractivity contribution < 1.29 is 4.79 Å². The zero-order chi connectivity index (χ0) is 26.9. The average Bonchev–Trinajstić information content (AvgIpc) is 3.62. The molecule has 0 aromatic carbocycles. The molecule has 0 bridgehead atoms. The van der Waals surface area contributed by atoms with Crippen LogP contribution in [-0.4, -0.2) is 59.1 Å². The third-order valence-electron chi connectivity index (χ3n) is 7.31. The molecule has 1 aliphatic rings. The number of pyridine rings is 4. The number of imidazole rings is 1. The molecular weight excluding hydrogens is 504 g/mol. The van der Waals surface area contributed by atoms with Crippen molar-refractivity contribution in [1.29, 1.82) is 0 Å². The molecule has 6 aromatic heterocycles. The summed E-state index contributed by atoms with van der Waals surface area (Å²) in [6.07, 6.45) is 13.0. The van der Waals surface area contributed by atoms with Crippen molar-refractivity contribution in [3.8, 4) is 33.9 Å². The molecule has 1 fully saturated rings. The van der Waals surface area contributed by atoms with Gasteiger partial charge in [0.05, 0.1) is 34.8 Å². The van der Waals surface area contributed by atoms with Crippen molar-refractivity contribution in [2.24, 2.45) is 5.92 Å². The van der Waals surface area contributed by atoms with Gasteiger partial charge < -0.3 is 15.6 Å². The Balaban J connectivity index is 1.19. The molecule has 0 saturated carbocycles. The molecule has 0 aliphatic carbocycles. The van der Waals surface area contributed by atoms with Gasteiger partial charge in [0.15, 0.2) is 11.5 Å². The summed E-state index contributed by atoms with van der Waals surface area (Å²) in [5.41, 5.74) is 7.03. The molecule has 0 radical (unpaired) electrons. The van der Waals surface area contributed by atoms with Crippen molar-refractivity contribution in [1.82, 2.24) is 45.4 Å². The summed E-state index contributed by atoms with van der Waals surface area (Å²) in [5.74, 6) is 1.02. The molecule has 11 heteroatoms. The van der Waals surface area contributed by atoms with Gasteiger partial charge in [-0.15, -0.1) is 0 Å². The van der Waals surface area contributed by atoms with Crippen molar-refractivity contribution in [3.63, 3.8) is 0 Å². The van der Waals surface area contributed by atoms with E-state index in [0.29, 0.717) is 40.9 Å².